The summed E-state index contributed by atoms with van der Waals surface area (Å²) in [6.45, 7) is 5.98. The molecule has 0 fully saturated rings. The maximum atomic E-state index is 10.4. The summed E-state index contributed by atoms with van der Waals surface area (Å²) in [5.74, 6) is -0.761. The molecule has 0 saturated heterocycles. The van der Waals surface area contributed by atoms with E-state index in [0.717, 1.165) is 18.4 Å². The molecule has 0 aliphatic rings. The summed E-state index contributed by atoms with van der Waals surface area (Å²) in [5.41, 5.74) is 0.857. The second kappa shape index (κ2) is 9.75. The Bertz CT molecular complexity index is 185. The summed E-state index contributed by atoms with van der Waals surface area (Å²) in [5, 5.41) is 8.52. The molecule has 0 radical (unpaired) electrons. The largest absolute Gasteiger partial charge is 0.481 e. The van der Waals surface area contributed by atoms with Crippen LogP contribution in [0.25, 0.3) is 0 Å². The van der Waals surface area contributed by atoms with Crippen molar-refractivity contribution in [3.05, 3.63) is 12.2 Å². The summed E-state index contributed by atoms with van der Waals surface area (Å²) in [6, 6.07) is 0. The van der Waals surface area contributed by atoms with Crippen molar-refractivity contribution in [2.45, 2.75) is 64.7 Å². The number of aliphatic carboxylic acids is 1. The lowest BCUT2D eigenvalue weighted by Gasteiger charge is -2.03. The first-order valence-electron chi connectivity index (χ1n) is 6.05. The molecule has 0 saturated carbocycles. The molecular weight excluding hydrogens is 188 g/mol. The van der Waals surface area contributed by atoms with Crippen molar-refractivity contribution in [3.8, 4) is 0 Å². The average Bonchev–Trinajstić information content (AvgIpc) is 2.15. The Morgan fingerprint density at radius 2 is 1.60 bits per heavy atom. The fourth-order valence-corrected chi connectivity index (χ4v) is 1.63. The molecule has 0 aliphatic carbocycles. The van der Waals surface area contributed by atoms with Gasteiger partial charge in [-0.1, -0.05) is 57.6 Å². The first kappa shape index (κ1) is 14.2. The van der Waals surface area contributed by atoms with E-state index in [4.69, 9.17) is 5.11 Å². The van der Waals surface area contributed by atoms with Gasteiger partial charge in [-0.15, -0.1) is 0 Å². The van der Waals surface area contributed by atoms with Crippen LogP contribution < -0.4 is 0 Å². The van der Waals surface area contributed by atoms with Crippen LogP contribution in [-0.4, -0.2) is 11.1 Å². The number of unbranched alkanes of at least 4 members (excludes halogenated alkanes) is 6. The first-order valence-corrected chi connectivity index (χ1v) is 6.05. The quantitative estimate of drug-likeness (QED) is 0.436. The molecule has 0 aromatic heterocycles. The Labute approximate surface area is 93.4 Å². The van der Waals surface area contributed by atoms with E-state index >= 15 is 0 Å². The second-order valence-corrected chi connectivity index (χ2v) is 4.19. The van der Waals surface area contributed by atoms with E-state index in [1.165, 1.54) is 38.5 Å². The highest BCUT2D eigenvalue weighted by molar-refractivity contribution is 5.69. The van der Waals surface area contributed by atoms with E-state index in [9.17, 15) is 4.79 Å². The van der Waals surface area contributed by atoms with E-state index in [2.05, 4.69) is 13.5 Å². The maximum Gasteiger partial charge on any atom is 0.307 e. The Morgan fingerprint density at radius 3 is 2.13 bits per heavy atom. The molecule has 0 aliphatic heterocycles. The first-order chi connectivity index (χ1) is 7.16. The highest BCUT2D eigenvalue weighted by Gasteiger charge is 2.00. The lowest BCUT2D eigenvalue weighted by Crippen LogP contribution is -1.96. The molecular formula is C13H24O2. The number of carboxylic acids is 1. The topological polar surface area (TPSA) is 37.3 Å². The van der Waals surface area contributed by atoms with Gasteiger partial charge in [-0.05, 0) is 12.8 Å². The van der Waals surface area contributed by atoms with Gasteiger partial charge in [0.25, 0.3) is 0 Å². The number of rotatable bonds is 10. The van der Waals surface area contributed by atoms with Crippen LogP contribution in [0.3, 0.4) is 0 Å². The highest BCUT2D eigenvalue weighted by atomic mass is 16.4. The molecule has 0 amide bonds. The fourth-order valence-electron chi connectivity index (χ4n) is 1.63. The standard InChI is InChI=1S/C13H24O2/c1-3-4-5-6-7-8-9-10-12(2)11-13(14)15/h2-11H2,1H3,(H,14,15). The lowest BCUT2D eigenvalue weighted by molar-refractivity contribution is -0.136. The molecule has 0 bridgehead atoms. The van der Waals surface area contributed by atoms with Gasteiger partial charge in [-0.3, -0.25) is 4.79 Å². The van der Waals surface area contributed by atoms with E-state index in [-0.39, 0.29) is 6.42 Å². The van der Waals surface area contributed by atoms with Gasteiger partial charge in [-0.2, -0.15) is 0 Å². The molecule has 15 heavy (non-hydrogen) atoms. The molecule has 0 rings (SSSR count). The Kier molecular flexibility index (Phi) is 9.24. The van der Waals surface area contributed by atoms with Gasteiger partial charge in [0, 0.05) is 0 Å². The van der Waals surface area contributed by atoms with Crippen molar-refractivity contribution in [1.29, 1.82) is 0 Å². The third-order valence-electron chi connectivity index (χ3n) is 2.54. The van der Waals surface area contributed by atoms with Crippen LogP contribution in [0, 0.1) is 0 Å². The molecule has 0 heterocycles. The third kappa shape index (κ3) is 11.1. The van der Waals surface area contributed by atoms with Gasteiger partial charge < -0.3 is 5.11 Å². The Balaban J connectivity index is 3.16. The number of carbonyl (C=O) groups is 1. The molecule has 0 unspecified atom stereocenters. The summed E-state index contributed by atoms with van der Waals surface area (Å²) in [6.07, 6.45) is 9.88. The fraction of sp³-hybridized carbons (Fsp3) is 0.769. The van der Waals surface area contributed by atoms with Crippen molar-refractivity contribution in [1.82, 2.24) is 0 Å². The van der Waals surface area contributed by atoms with Gasteiger partial charge in [-0.25, -0.2) is 0 Å². The van der Waals surface area contributed by atoms with Crippen LogP contribution in [0.5, 0.6) is 0 Å². The zero-order chi connectivity index (χ0) is 11.5. The summed E-state index contributed by atoms with van der Waals surface area (Å²) < 4.78 is 0. The van der Waals surface area contributed by atoms with E-state index in [1.807, 2.05) is 0 Å². The predicted molar refractivity (Wildman–Crippen MR) is 64.0 cm³/mol. The molecule has 2 heteroatoms. The van der Waals surface area contributed by atoms with Crippen LogP contribution >= 0.6 is 0 Å². The van der Waals surface area contributed by atoms with Crippen LogP contribution in [-0.2, 0) is 4.79 Å². The van der Waals surface area contributed by atoms with Crippen LogP contribution in [0.4, 0.5) is 0 Å². The predicted octanol–water partition coefficient (Wildman–Crippen LogP) is 4.16. The van der Waals surface area contributed by atoms with Crippen LogP contribution in [0.2, 0.25) is 0 Å². The number of hydrogen-bond acceptors (Lipinski definition) is 1. The Hall–Kier alpha value is -0.790. The highest BCUT2D eigenvalue weighted by Crippen LogP contribution is 2.13. The third-order valence-corrected chi connectivity index (χ3v) is 2.54. The van der Waals surface area contributed by atoms with Gasteiger partial charge in [0.2, 0.25) is 0 Å². The molecule has 0 aromatic rings. The molecule has 88 valence electrons. The SMILES string of the molecule is C=C(CCCCCCCCC)CC(=O)O. The van der Waals surface area contributed by atoms with Crippen LogP contribution in [0.15, 0.2) is 12.2 Å². The van der Waals surface area contributed by atoms with Crippen molar-refractivity contribution in [3.63, 3.8) is 0 Å². The minimum atomic E-state index is -0.761. The van der Waals surface area contributed by atoms with Crippen molar-refractivity contribution in [2.75, 3.05) is 0 Å². The van der Waals surface area contributed by atoms with E-state index in [0.29, 0.717) is 0 Å². The zero-order valence-electron chi connectivity index (χ0n) is 9.93. The maximum absolute atomic E-state index is 10.4. The minimum Gasteiger partial charge on any atom is -0.481 e. The molecule has 0 aromatic carbocycles. The summed E-state index contributed by atoms with van der Waals surface area (Å²) >= 11 is 0. The Morgan fingerprint density at radius 1 is 1.07 bits per heavy atom. The van der Waals surface area contributed by atoms with Gasteiger partial charge in [0.15, 0.2) is 0 Å². The molecule has 0 spiro atoms. The average molecular weight is 212 g/mol. The van der Waals surface area contributed by atoms with Crippen LogP contribution in [0.1, 0.15) is 64.7 Å². The summed E-state index contributed by atoms with van der Waals surface area (Å²) in [7, 11) is 0. The smallest absolute Gasteiger partial charge is 0.307 e. The molecule has 2 nitrogen and oxygen atoms in total. The molecule has 0 atom stereocenters. The van der Waals surface area contributed by atoms with Gasteiger partial charge in [0.1, 0.15) is 0 Å². The van der Waals surface area contributed by atoms with Crippen molar-refractivity contribution < 1.29 is 9.90 Å². The van der Waals surface area contributed by atoms with Gasteiger partial charge >= 0.3 is 5.97 Å². The minimum absolute atomic E-state index is 0.135. The summed E-state index contributed by atoms with van der Waals surface area (Å²) in [4.78, 5) is 10.4. The normalized spacial score (nSPS) is 10.2. The number of hydrogen-bond donors (Lipinski definition) is 1. The van der Waals surface area contributed by atoms with Crippen molar-refractivity contribution >= 4 is 5.97 Å². The second-order valence-electron chi connectivity index (χ2n) is 4.19. The number of carboxylic acid groups (broad SMARTS) is 1. The van der Waals surface area contributed by atoms with Gasteiger partial charge in [0.05, 0.1) is 6.42 Å². The van der Waals surface area contributed by atoms with E-state index in [1.54, 1.807) is 0 Å². The molecule has 1 N–H and O–H groups in total. The van der Waals surface area contributed by atoms with Crippen molar-refractivity contribution in [2.24, 2.45) is 0 Å². The van der Waals surface area contributed by atoms with E-state index < -0.39 is 5.97 Å². The lowest BCUT2D eigenvalue weighted by atomic mass is 10.0. The zero-order valence-corrected chi connectivity index (χ0v) is 9.93. The monoisotopic (exact) mass is 212 g/mol.